The normalized spacial score (nSPS) is 10.4. The van der Waals surface area contributed by atoms with Gasteiger partial charge >= 0.3 is 5.97 Å². The molecule has 0 spiro atoms. The molecule has 0 aliphatic heterocycles. The van der Waals surface area contributed by atoms with E-state index in [1.807, 2.05) is 44.2 Å². The molecule has 0 saturated heterocycles. The fraction of sp³-hybridized carbons (Fsp3) is 0.263. The number of benzene rings is 2. The molecule has 0 aliphatic carbocycles. The van der Waals surface area contributed by atoms with Crippen molar-refractivity contribution in [2.75, 3.05) is 18.6 Å². The summed E-state index contributed by atoms with van der Waals surface area (Å²) < 4.78 is 10.9. The third-order valence-corrected chi connectivity index (χ3v) is 4.23. The molecule has 0 bridgehead atoms. The molecule has 0 unspecified atom stereocenters. The quantitative estimate of drug-likeness (QED) is 0.680. The highest BCUT2D eigenvalue weighted by Crippen LogP contribution is 2.23. The molecule has 0 N–H and O–H groups in total. The van der Waals surface area contributed by atoms with Gasteiger partial charge in [-0.05, 0) is 60.1 Å². The predicted molar refractivity (Wildman–Crippen MR) is 100 cm³/mol. The van der Waals surface area contributed by atoms with Gasteiger partial charge in [-0.15, -0.1) is 0 Å². The van der Waals surface area contributed by atoms with Crippen LogP contribution in [0.25, 0.3) is 0 Å². The molecule has 132 valence electrons. The first-order valence-electron chi connectivity index (χ1n) is 7.81. The summed E-state index contributed by atoms with van der Waals surface area (Å²) in [6.45, 7) is 3.48. The Morgan fingerprint density at radius 1 is 1.12 bits per heavy atom. The molecule has 0 aromatic heterocycles. The standard InChI is InChI=1S/C19H20BrNO4/c1-13(2)21(14-7-5-4-6-8-14)18(22)12-25-19(23)16-11-15(24-3)9-10-17(16)20/h4-11,13H,12H2,1-3H3. The number of ether oxygens (including phenoxy) is 2. The highest BCUT2D eigenvalue weighted by molar-refractivity contribution is 9.10. The Labute approximate surface area is 155 Å². The first-order valence-corrected chi connectivity index (χ1v) is 8.61. The van der Waals surface area contributed by atoms with Gasteiger partial charge in [0.25, 0.3) is 5.91 Å². The van der Waals surface area contributed by atoms with Crippen molar-refractivity contribution in [3.8, 4) is 5.75 Å². The van der Waals surface area contributed by atoms with Gasteiger partial charge < -0.3 is 14.4 Å². The van der Waals surface area contributed by atoms with Gasteiger partial charge in [-0.1, -0.05) is 18.2 Å². The zero-order valence-corrected chi connectivity index (χ0v) is 15.9. The Bertz CT molecular complexity index is 746. The highest BCUT2D eigenvalue weighted by atomic mass is 79.9. The molecule has 0 fully saturated rings. The number of carbonyl (C=O) groups excluding carboxylic acids is 2. The third-order valence-electron chi connectivity index (χ3n) is 3.54. The monoisotopic (exact) mass is 405 g/mol. The molecular weight excluding hydrogens is 386 g/mol. The molecule has 2 aromatic rings. The lowest BCUT2D eigenvalue weighted by atomic mass is 10.2. The fourth-order valence-corrected chi connectivity index (χ4v) is 2.79. The Morgan fingerprint density at radius 3 is 2.40 bits per heavy atom. The number of carbonyl (C=O) groups is 2. The van der Waals surface area contributed by atoms with Crippen LogP contribution in [0.4, 0.5) is 5.69 Å². The minimum atomic E-state index is -0.587. The summed E-state index contributed by atoms with van der Waals surface area (Å²) in [5.74, 6) is -0.334. The second kappa shape index (κ2) is 8.67. The number of esters is 1. The smallest absolute Gasteiger partial charge is 0.339 e. The minimum absolute atomic E-state index is 0.0582. The van der Waals surface area contributed by atoms with Crippen molar-refractivity contribution in [2.45, 2.75) is 19.9 Å². The molecule has 0 radical (unpaired) electrons. The number of rotatable bonds is 6. The summed E-state index contributed by atoms with van der Waals surface area (Å²) >= 11 is 3.30. The average molecular weight is 406 g/mol. The first-order chi connectivity index (χ1) is 11.9. The number of halogens is 1. The average Bonchev–Trinajstić information content (AvgIpc) is 2.61. The lowest BCUT2D eigenvalue weighted by molar-refractivity contribution is -0.122. The number of amides is 1. The van der Waals surface area contributed by atoms with Gasteiger partial charge in [0.15, 0.2) is 6.61 Å². The Hall–Kier alpha value is -2.34. The van der Waals surface area contributed by atoms with Gasteiger partial charge in [-0.25, -0.2) is 4.79 Å². The molecule has 0 saturated carbocycles. The van der Waals surface area contributed by atoms with E-state index in [0.29, 0.717) is 15.8 Å². The number of nitrogens with zero attached hydrogens (tertiary/aromatic N) is 1. The van der Waals surface area contributed by atoms with Crippen molar-refractivity contribution >= 4 is 33.5 Å². The number of hydrogen-bond donors (Lipinski definition) is 0. The largest absolute Gasteiger partial charge is 0.497 e. The SMILES string of the molecule is COc1ccc(Br)c(C(=O)OCC(=O)N(c2ccccc2)C(C)C)c1. The molecule has 5 nitrogen and oxygen atoms in total. The van der Waals surface area contributed by atoms with Crippen LogP contribution in [-0.2, 0) is 9.53 Å². The van der Waals surface area contributed by atoms with E-state index in [9.17, 15) is 9.59 Å². The molecular formula is C19H20BrNO4. The van der Waals surface area contributed by atoms with Crippen molar-refractivity contribution in [1.82, 2.24) is 0 Å². The first kappa shape index (κ1) is 19.0. The van der Waals surface area contributed by atoms with Crippen LogP contribution >= 0.6 is 15.9 Å². The van der Waals surface area contributed by atoms with Crippen LogP contribution in [0.15, 0.2) is 53.0 Å². The van der Waals surface area contributed by atoms with Gasteiger partial charge in [0, 0.05) is 16.2 Å². The summed E-state index contributed by atoms with van der Waals surface area (Å²) in [5.41, 5.74) is 1.07. The highest BCUT2D eigenvalue weighted by Gasteiger charge is 2.21. The molecule has 0 atom stereocenters. The summed E-state index contributed by atoms with van der Waals surface area (Å²) in [6.07, 6.45) is 0. The number of para-hydroxylation sites is 1. The van der Waals surface area contributed by atoms with Gasteiger partial charge in [0.05, 0.1) is 12.7 Å². The van der Waals surface area contributed by atoms with Crippen molar-refractivity contribution < 1.29 is 19.1 Å². The van der Waals surface area contributed by atoms with Crippen LogP contribution in [0.2, 0.25) is 0 Å². The van der Waals surface area contributed by atoms with E-state index in [1.165, 1.54) is 7.11 Å². The number of anilines is 1. The molecule has 2 aromatic carbocycles. The maximum absolute atomic E-state index is 12.5. The third kappa shape index (κ3) is 4.82. The van der Waals surface area contributed by atoms with Crippen LogP contribution in [0.3, 0.4) is 0 Å². The van der Waals surface area contributed by atoms with Crippen molar-refractivity contribution in [1.29, 1.82) is 0 Å². The second-order valence-corrected chi connectivity index (χ2v) is 6.47. The molecule has 25 heavy (non-hydrogen) atoms. The van der Waals surface area contributed by atoms with Crippen molar-refractivity contribution in [3.05, 3.63) is 58.6 Å². The minimum Gasteiger partial charge on any atom is -0.497 e. The van der Waals surface area contributed by atoms with Gasteiger partial charge in [-0.3, -0.25) is 4.79 Å². The molecule has 6 heteroatoms. The van der Waals surface area contributed by atoms with E-state index < -0.39 is 5.97 Å². The number of hydrogen-bond acceptors (Lipinski definition) is 4. The maximum atomic E-state index is 12.5. The zero-order valence-electron chi connectivity index (χ0n) is 14.4. The summed E-state index contributed by atoms with van der Waals surface area (Å²) in [7, 11) is 1.52. The molecule has 0 heterocycles. The Kier molecular flexibility index (Phi) is 6.58. The number of methoxy groups -OCH3 is 1. The van der Waals surface area contributed by atoms with Crippen LogP contribution < -0.4 is 9.64 Å². The van der Waals surface area contributed by atoms with E-state index in [0.717, 1.165) is 5.69 Å². The Morgan fingerprint density at radius 2 is 1.80 bits per heavy atom. The van der Waals surface area contributed by atoms with Crippen LogP contribution in [0.1, 0.15) is 24.2 Å². The zero-order chi connectivity index (χ0) is 18.4. The lowest BCUT2D eigenvalue weighted by Crippen LogP contribution is -2.39. The lowest BCUT2D eigenvalue weighted by Gasteiger charge is -2.26. The van der Waals surface area contributed by atoms with E-state index in [-0.39, 0.29) is 18.6 Å². The Balaban J connectivity index is 2.09. The van der Waals surface area contributed by atoms with E-state index >= 15 is 0 Å². The second-order valence-electron chi connectivity index (χ2n) is 5.61. The van der Waals surface area contributed by atoms with Crippen LogP contribution in [0.5, 0.6) is 5.75 Å². The van der Waals surface area contributed by atoms with Gasteiger partial charge in [-0.2, -0.15) is 0 Å². The molecule has 1 amide bonds. The van der Waals surface area contributed by atoms with E-state index in [4.69, 9.17) is 9.47 Å². The topological polar surface area (TPSA) is 55.8 Å². The van der Waals surface area contributed by atoms with Crippen LogP contribution in [-0.4, -0.2) is 31.6 Å². The van der Waals surface area contributed by atoms with Crippen molar-refractivity contribution in [2.24, 2.45) is 0 Å². The molecule has 2 rings (SSSR count). The van der Waals surface area contributed by atoms with E-state index in [1.54, 1.807) is 23.1 Å². The van der Waals surface area contributed by atoms with E-state index in [2.05, 4.69) is 15.9 Å². The predicted octanol–water partition coefficient (Wildman–Crippen LogP) is 4.06. The van der Waals surface area contributed by atoms with Gasteiger partial charge in [0.2, 0.25) is 0 Å². The van der Waals surface area contributed by atoms with Gasteiger partial charge in [0.1, 0.15) is 5.75 Å². The van der Waals surface area contributed by atoms with Crippen LogP contribution in [0, 0.1) is 0 Å². The fourth-order valence-electron chi connectivity index (χ4n) is 2.38. The summed E-state index contributed by atoms with van der Waals surface area (Å²) in [4.78, 5) is 26.4. The molecule has 0 aliphatic rings. The van der Waals surface area contributed by atoms with Crippen molar-refractivity contribution in [3.63, 3.8) is 0 Å². The maximum Gasteiger partial charge on any atom is 0.339 e. The summed E-state index contributed by atoms with van der Waals surface area (Å²) in [5, 5.41) is 0. The summed E-state index contributed by atoms with van der Waals surface area (Å²) in [6, 6.07) is 14.2.